The van der Waals surface area contributed by atoms with Gasteiger partial charge in [0.05, 0.1) is 17.8 Å². The standard InChI is InChI=1S/C12H17BrN4O/c1-18-11-10(13)7-14-12(15-11)17-6-5-16-4-2-3-9(16)8-17/h7,9H,2-6,8H2,1H3. The lowest BCUT2D eigenvalue weighted by Crippen LogP contribution is -2.50. The highest BCUT2D eigenvalue weighted by Gasteiger charge is 2.31. The Hall–Kier alpha value is -0.880. The fourth-order valence-electron chi connectivity index (χ4n) is 2.81. The smallest absolute Gasteiger partial charge is 0.232 e. The molecule has 0 amide bonds. The molecule has 0 aromatic carbocycles. The summed E-state index contributed by atoms with van der Waals surface area (Å²) in [6, 6.07) is 0.678. The van der Waals surface area contributed by atoms with Crippen LogP contribution in [0.3, 0.4) is 0 Å². The number of halogens is 1. The highest BCUT2D eigenvalue weighted by atomic mass is 79.9. The molecule has 2 aliphatic heterocycles. The summed E-state index contributed by atoms with van der Waals surface area (Å²) in [4.78, 5) is 13.7. The van der Waals surface area contributed by atoms with Crippen LogP contribution in [0, 0.1) is 0 Å². The summed E-state index contributed by atoms with van der Waals surface area (Å²) in [5, 5.41) is 0. The lowest BCUT2D eigenvalue weighted by Gasteiger charge is -2.37. The Kier molecular flexibility index (Phi) is 3.39. The molecule has 1 aromatic rings. The van der Waals surface area contributed by atoms with Crippen LogP contribution in [-0.4, -0.2) is 54.2 Å². The van der Waals surface area contributed by atoms with E-state index in [0.717, 1.165) is 30.1 Å². The van der Waals surface area contributed by atoms with Gasteiger partial charge in [0.1, 0.15) is 0 Å². The number of anilines is 1. The molecule has 18 heavy (non-hydrogen) atoms. The molecule has 1 aromatic heterocycles. The molecule has 0 N–H and O–H groups in total. The number of piperazine rings is 1. The van der Waals surface area contributed by atoms with Crippen LogP contribution in [0.5, 0.6) is 5.88 Å². The minimum Gasteiger partial charge on any atom is -0.480 e. The van der Waals surface area contributed by atoms with Crippen molar-refractivity contribution < 1.29 is 4.74 Å². The van der Waals surface area contributed by atoms with Gasteiger partial charge in [-0.05, 0) is 35.3 Å². The zero-order valence-corrected chi connectivity index (χ0v) is 12.1. The Morgan fingerprint density at radius 2 is 2.28 bits per heavy atom. The lowest BCUT2D eigenvalue weighted by molar-refractivity contribution is 0.229. The predicted molar refractivity (Wildman–Crippen MR) is 73.1 cm³/mol. The summed E-state index contributed by atoms with van der Waals surface area (Å²) >= 11 is 3.38. The van der Waals surface area contributed by atoms with E-state index in [0.29, 0.717) is 11.9 Å². The van der Waals surface area contributed by atoms with Gasteiger partial charge in [-0.3, -0.25) is 4.90 Å². The predicted octanol–water partition coefficient (Wildman–Crippen LogP) is 1.53. The Balaban J connectivity index is 1.78. The van der Waals surface area contributed by atoms with E-state index in [1.807, 2.05) is 0 Å². The third-order valence-electron chi connectivity index (χ3n) is 3.76. The number of hydrogen-bond donors (Lipinski definition) is 0. The fourth-order valence-corrected chi connectivity index (χ4v) is 3.16. The van der Waals surface area contributed by atoms with E-state index in [2.05, 4.69) is 35.7 Å². The summed E-state index contributed by atoms with van der Waals surface area (Å²) in [6.07, 6.45) is 4.38. The van der Waals surface area contributed by atoms with Crippen molar-refractivity contribution in [3.63, 3.8) is 0 Å². The zero-order valence-electron chi connectivity index (χ0n) is 10.5. The molecule has 3 rings (SSSR count). The van der Waals surface area contributed by atoms with E-state index < -0.39 is 0 Å². The van der Waals surface area contributed by atoms with Crippen molar-refractivity contribution in [2.24, 2.45) is 0 Å². The van der Waals surface area contributed by atoms with E-state index >= 15 is 0 Å². The monoisotopic (exact) mass is 312 g/mol. The van der Waals surface area contributed by atoms with Crippen molar-refractivity contribution in [1.29, 1.82) is 0 Å². The second-order valence-electron chi connectivity index (χ2n) is 4.81. The van der Waals surface area contributed by atoms with Crippen LogP contribution in [0.4, 0.5) is 5.95 Å². The highest BCUT2D eigenvalue weighted by molar-refractivity contribution is 9.10. The van der Waals surface area contributed by atoms with Crippen LogP contribution < -0.4 is 9.64 Å². The van der Waals surface area contributed by atoms with Crippen molar-refractivity contribution in [1.82, 2.24) is 14.9 Å². The van der Waals surface area contributed by atoms with E-state index in [1.54, 1.807) is 13.3 Å². The molecule has 5 nitrogen and oxygen atoms in total. The minimum atomic E-state index is 0.605. The topological polar surface area (TPSA) is 41.5 Å². The van der Waals surface area contributed by atoms with E-state index in [9.17, 15) is 0 Å². The summed E-state index contributed by atoms with van der Waals surface area (Å²) < 4.78 is 6.03. The number of methoxy groups -OCH3 is 1. The Bertz CT molecular complexity index is 442. The molecule has 0 radical (unpaired) electrons. The fraction of sp³-hybridized carbons (Fsp3) is 0.667. The third kappa shape index (κ3) is 2.19. The summed E-state index contributed by atoms with van der Waals surface area (Å²) in [7, 11) is 1.63. The Morgan fingerprint density at radius 1 is 1.39 bits per heavy atom. The maximum Gasteiger partial charge on any atom is 0.232 e. The van der Waals surface area contributed by atoms with Crippen molar-refractivity contribution in [3.05, 3.63) is 10.7 Å². The quantitative estimate of drug-likeness (QED) is 0.828. The van der Waals surface area contributed by atoms with E-state index in [-0.39, 0.29) is 0 Å². The molecule has 0 spiro atoms. The van der Waals surface area contributed by atoms with Crippen molar-refractivity contribution >= 4 is 21.9 Å². The lowest BCUT2D eigenvalue weighted by atomic mass is 10.2. The SMILES string of the molecule is COc1nc(N2CCN3CCCC3C2)ncc1Br. The largest absolute Gasteiger partial charge is 0.480 e. The van der Waals surface area contributed by atoms with Crippen molar-refractivity contribution in [2.45, 2.75) is 18.9 Å². The van der Waals surface area contributed by atoms with Crippen LogP contribution in [-0.2, 0) is 0 Å². The molecule has 98 valence electrons. The first-order valence-electron chi connectivity index (χ1n) is 6.33. The number of hydrogen-bond acceptors (Lipinski definition) is 5. The van der Waals surface area contributed by atoms with Gasteiger partial charge in [-0.2, -0.15) is 4.98 Å². The molecular weight excluding hydrogens is 296 g/mol. The molecule has 0 bridgehead atoms. The van der Waals surface area contributed by atoms with Gasteiger partial charge in [-0.15, -0.1) is 0 Å². The highest BCUT2D eigenvalue weighted by Crippen LogP contribution is 2.27. The van der Waals surface area contributed by atoms with Gasteiger partial charge < -0.3 is 9.64 Å². The number of rotatable bonds is 2. The van der Waals surface area contributed by atoms with Gasteiger partial charge in [0.15, 0.2) is 0 Å². The first kappa shape index (κ1) is 12.2. The normalized spacial score (nSPS) is 24.1. The summed E-state index contributed by atoms with van der Waals surface area (Å²) in [6.45, 7) is 4.40. The molecule has 1 atom stereocenters. The second kappa shape index (κ2) is 5.01. The second-order valence-corrected chi connectivity index (χ2v) is 5.66. The van der Waals surface area contributed by atoms with Crippen LogP contribution in [0.2, 0.25) is 0 Å². The molecule has 3 heterocycles. The molecule has 2 saturated heterocycles. The van der Waals surface area contributed by atoms with E-state index in [4.69, 9.17) is 4.74 Å². The Morgan fingerprint density at radius 3 is 3.11 bits per heavy atom. The van der Waals surface area contributed by atoms with Gasteiger partial charge >= 0.3 is 0 Å². The van der Waals surface area contributed by atoms with Crippen LogP contribution in [0.1, 0.15) is 12.8 Å². The first-order valence-corrected chi connectivity index (χ1v) is 7.13. The third-order valence-corrected chi connectivity index (χ3v) is 4.31. The van der Waals surface area contributed by atoms with Crippen LogP contribution in [0.25, 0.3) is 0 Å². The van der Waals surface area contributed by atoms with Gasteiger partial charge in [0, 0.05) is 25.7 Å². The number of fused-ring (bicyclic) bond motifs is 1. The van der Waals surface area contributed by atoms with E-state index in [1.165, 1.54) is 19.4 Å². The molecule has 1 unspecified atom stereocenters. The maximum absolute atomic E-state index is 5.23. The Labute approximate surface area is 115 Å². The van der Waals surface area contributed by atoms with Gasteiger partial charge in [-0.1, -0.05) is 0 Å². The molecule has 0 saturated carbocycles. The van der Waals surface area contributed by atoms with Gasteiger partial charge in [0.2, 0.25) is 11.8 Å². The van der Waals surface area contributed by atoms with Crippen molar-refractivity contribution in [2.75, 3.05) is 38.2 Å². The van der Waals surface area contributed by atoms with Gasteiger partial charge in [0.25, 0.3) is 0 Å². The number of nitrogens with zero attached hydrogens (tertiary/aromatic N) is 4. The molecule has 2 aliphatic rings. The summed E-state index contributed by atoms with van der Waals surface area (Å²) in [5.74, 6) is 1.38. The molecule has 2 fully saturated rings. The van der Waals surface area contributed by atoms with Crippen LogP contribution in [0.15, 0.2) is 10.7 Å². The molecule has 0 aliphatic carbocycles. The zero-order chi connectivity index (χ0) is 12.5. The number of aromatic nitrogens is 2. The summed E-state index contributed by atoms with van der Waals surface area (Å²) in [5.41, 5.74) is 0. The first-order chi connectivity index (χ1) is 8.78. The van der Waals surface area contributed by atoms with Crippen LogP contribution >= 0.6 is 15.9 Å². The average molecular weight is 313 g/mol. The number of ether oxygens (including phenoxy) is 1. The average Bonchev–Trinajstić information content (AvgIpc) is 2.86. The minimum absolute atomic E-state index is 0.605. The van der Waals surface area contributed by atoms with Gasteiger partial charge in [-0.25, -0.2) is 4.98 Å². The van der Waals surface area contributed by atoms with Crippen molar-refractivity contribution in [3.8, 4) is 5.88 Å². The maximum atomic E-state index is 5.23. The molecule has 6 heteroatoms. The molecular formula is C12H17BrN4O.